The Kier molecular flexibility index (Phi) is 2.87. The van der Waals surface area contributed by atoms with Crippen LogP contribution in [-0.4, -0.2) is 21.3 Å². The Bertz CT molecular complexity index is 620. The molecule has 104 valence electrons. The fourth-order valence-electron chi connectivity index (χ4n) is 3.86. The molecule has 19 heavy (non-hydrogen) atoms. The molecule has 2 bridgehead atoms. The minimum atomic E-state index is -3.42. The molecule has 6 heteroatoms. The van der Waals surface area contributed by atoms with Gasteiger partial charge >= 0.3 is 0 Å². The Hall–Kier alpha value is -0.450. The zero-order chi connectivity index (χ0) is 13.9. The average molecular weight is 321 g/mol. The molecule has 1 aromatic rings. The molecular formula is C13H14Cl2O3S. The lowest BCUT2D eigenvalue weighted by molar-refractivity contribution is -0.122. The normalized spacial score (nSPS) is 32.4. The predicted octanol–water partition coefficient (Wildman–Crippen LogP) is 3.34. The number of methoxy groups -OCH3 is 1. The zero-order valence-corrected chi connectivity index (χ0v) is 12.8. The molecule has 3 saturated carbocycles. The molecule has 3 aliphatic carbocycles. The van der Waals surface area contributed by atoms with E-state index in [4.69, 9.17) is 27.0 Å². The second-order valence-electron chi connectivity index (χ2n) is 5.84. The first-order chi connectivity index (χ1) is 8.78. The topological polar surface area (TPSA) is 43.4 Å². The minimum absolute atomic E-state index is 0.0605. The van der Waals surface area contributed by atoms with Crippen LogP contribution in [0.4, 0.5) is 0 Å². The summed E-state index contributed by atoms with van der Waals surface area (Å²) >= 11 is 6.28. The van der Waals surface area contributed by atoms with E-state index in [1.54, 1.807) is 7.11 Å². The van der Waals surface area contributed by atoms with E-state index in [9.17, 15) is 8.42 Å². The van der Waals surface area contributed by atoms with E-state index in [0.29, 0.717) is 5.02 Å². The number of hydrogen-bond acceptors (Lipinski definition) is 3. The highest BCUT2D eigenvalue weighted by Gasteiger charge is 2.69. The average Bonchev–Trinajstić information content (AvgIpc) is 2.20. The third-order valence-corrected chi connectivity index (χ3v) is 5.96. The summed E-state index contributed by atoms with van der Waals surface area (Å²) in [6.45, 7) is 0. The molecule has 0 aromatic heterocycles. The van der Waals surface area contributed by atoms with E-state index >= 15 is 0 Å². The van der Waals surface area contributed by atoms with Crippen LogP contribution in [0.1, 0.15) is 24.8 Å². The fraction of sp³-hybridized carbons (Fsp3) is 0.538. The van der Waals surface area contributed by atoms with Gasteiger partial charge < -0.3 is 4.74 Å². The largest absolute Gasteiger partial charge is 0.497 e. The summed E-state index contributed by atoms with van der Waals surface area (Å²) in [4.78, 5) is 0. The van der Waals surface area contributed by atoms with E-state index in [1.165, 1.54) is 0 Å². The van der Waals surface area contributed by atoms with Crippen molar-refractivity contribution < 1.29 is 13.2 Å². The Morgan fingerprint density at radius 2 is 1.95 bits per heavy atom. The molecule has 0 heterocycles. The van der Waals surface area contributed by atoms with Gasteiger partial charge in [-0.25, -0.2) is 8.42 Å². The van der Waals surface area contributed by atoms with Crippen LogP contribution >= 0.6 is 22.3 Å². The molecule has 0 atom stereocenters. The van der Waals surface area contributed by atoms with Crippen molar-refractivity contribution >= 4 is 31.3 Å². The first kappa shape index (κ1) is 13.5. The van der Waals surface area contributed by atoms with Crippen molar-refractivity contribution in [2.24, 2.45) is 5.41 Å². The van der Waals surface area contributed by atoms with E-state index in [0.717, 1.165) is 30.6 Å². The highest BCUT2D eigenvalue weighted by Crippen LogP contribution is 2.74. The Morgan fingerprint density at radius 3 is 2.42 bits per heavy atom. The van der Waals surface area contributed by atoms with Crippen molar-refractivity contribution in [3.8, 4) is 5.75 Å². The molecular weight excluding hydrogens is 307 g/mol. The Morgan fingerprint density at radius 1 is 1.32 bits per heavy atom. The van der Waals surface area contributed by atoms with E-state index in [1.807, 2.05) is 18.2 Å². The van der Waals surface area contributed by atoms with Gasteiger partial charge in [-0.05, 0) is 47.8 Å². The molecule has 4 rings (SSSR count). The maximum absolute atomic E-state index is 11.2. The first-order valence-electron chi connectivity index (χ1n) is 6.04. The number of ether oxygens (including phenoxy) is 1. The van der Waals surface area contributed by atoms with Gasteiger partial charge in [0.25, 0.3) is 0 Å². The van der Waals surface area contributed by atoms with Gasteiger partial charge in [0.15, 0.2) is 0 Å². The molecule has 0 radical (unpaired) electrons. The second-order valence-corrected chi connectivity index (χ2v) is 9.02. The van der Waals surface area contributed by atoms with Crippen LogP contribution in [-0.2, 0) is 14.5 Å². The molecule has 0 amide bonds. The lowest BCUT2D eigenvalue weighted by Gasteiger charge is -2.71. The predicted molar refractivity (Wildman–Crippen MR) is 75.6 cm³/mol. The van der Waals surface area contributed by atoms with Gasteiger partial charge in [0.05, 0.1) is 12.9 Å². The SMILES string of the molecule is COc1ccc(C23CC(CS(=O)(=O)Cl)(C2)C3)c(Cl)c1. The zero-order valence-electron chi connectivity index (χ0n) is 10.4. The first-order valence-corrected chi connectivity index (χ1v) is 8.90. The van der Waals surface area contributed by atoms with Gasteiger partial charge in [0.1, 0.15) is 5.75 Å². The van der Waals surface area contributed by atoms with Crippen LogP contribution < -0.4 is 4.74 Å². The maximum Gasteiger partial charge on any atom is 0.233 e. The molecule has 0 spiro atoms. The summed E-state index contributed by atoms with van der Waals surface area (Å²) in [6.07, 6.45) is 2.58. The van der Waals surface area contributed by atoms with E-state index in [-0.39, 0.29) is 16.6 Å². The molecule has 0 N–H and O–H groups in total. The number of rotatable bonds is 4. The highest BCUT2D eigenvalue weighted by molar-refractivity contribution is 8.13. The molecule has 1 aromatic carbocycles. The molecule has 3 fully saturated rings. The Balaban J connectivity index is 1.78. The summed E-state index contributed by atoms with van der Waals surface area (Å²) in [5.41, 5.74) is 1.05. The highest BCUT2D eigenvalue weighted by atomic mass is 35.7. The standard InChI is InChI=1S/C13H14Cl2O3S/c1-18-9-2-3-10(11(14)4-9)13-5-12(6-13,7-13)8-19(15,16)17/h2-4H,5-8H2,1H3. The summed E-state index contributed by atoms with van der Waals surface area (Å²) in [7, 11) is 3.54. The van der Waals surface area contributed by atoms with Crippen LogP contribution in [0.3, 0.4) is 0 Å². The molecule has 0 unspecified atom stereocenters. The molecule has 3 aliphatic rings. The van der Waals surface area contributed by atoms with Crippen LogP contribution in [0.15, 0.2) is 18.2 Å². The van der Waals surface area contributed by atoms with Crippen LogP contribution in [0.2, 0.25) is 5.02 Å². The third-order valence-electron chi connectivity index (χ3n) is 4.37. The maximum atomic E-state index is 11.2. The summed E-state index contributed by atoms with van der Waals surface area (Å²) in [5.74, 6) is 0.815. The smallest absolute Gasteiger partial charge is 0.233 e. The number of hydrogen-bond donors (Lipinski definition) is 0. The van der Waals surface area contributed by atoms with Crippen molar-refractivity contribution in [2.75, 3.05) is 12.9 Å². The Labute approximate surface area is 122 Å². The second kappa shape index (κ2) is 4.03. The molecule has 0 aliphatic heterocycles. The van der Waals surface area contributed by atoms with E-state index < -0.39 is 9.05 Å². The summed E-state index contributed by atoms with van der Waals surface area (Å²) in [5, 5.41) is 0.696. The van der Waals surface area contributed by atoms with Gasteiger partial charge in [0, 0.05) is 15.7 Å². The third kappa shape index (κ3) is 2.14. The van der Waals surface area contributed by atoms with Gasteiger partial charge in [-0.1, -0.05) is 17.7 Å². The summed E-state index contributed by atoms with van der Waals surface area (Å²) in [6, 6.07) is 5.69. The van der Waals surface area contributed by atoms with Crippen molar-refractivity contribution in [3.05, 3.63) is 28.8 Å². The van der Waals surface area contributed by atoms with E-state index in [2.05, 4.69) is 0 Å². The number of halogens is 2. The fourth-order valence-corrected chi connectivity index (χ4v) is 5.96. The lowest BCUT2D eigenvalue weighted by Crippen LogP contribution is -2.66. The number of benzene rings is 1. The van der Waals surface area contributed by atoms with Crippen molar-refractivity contribution in [3.63, 3.8) is 0 Å². The van der Waals surface area contributed by atoms with Crippen molar-refractivity contribution in [2.45, 2.75) is 24.7 Å². The monoisotopic (exact) mass is 320 g/mol. The van der Waals surface area contributed by atoms with Crippen molar-refractivity contribution in [1.82, 2.24) is 0 Å². The minimum Gasteiger partial charge on any atom is -0.497 e. The van der Waals surface area contributed by atoms with Gasteiger partial charge in [-0.15, -0.1) is 0 Å². The van der Waals surface area contributed by atoms with Gasteiger partial charge in [0.2, 0.25) is 9.05 Å². The van der Waals surface area contributed by atoms with Crippen molar-refractivity contribution in [1.29, 1.82) is 0 Å². The lowest BCUT2D eigenvalue weighted by atomic mass is 9.34. The van der Waals surface area contributed by atoms with Crippen LogP contribution in [0.25, 0.3) is 0 Å². The van der Waals surface area contributed by atoms with Gasteiger partial charge in [-0.2, -0.15) is 0 Å². The van der Waals surface area contributed by atoms with Crippen LogP contribution in [0.5, 0.6) is 5.75 Å². The van der Waals surface area contributed by atoms with Crippen LogP contribution in [0, 0.1) is 5.41 Å². The molecule has 0 saturated heterocycles. The molecule has 3 nitrogen and oxygen atoms in total. The quantitative estimate of drug-likeness (QED) is 0.799. The van der Waals surface area contributed by atoms with Gasteiger partial charge in [-0.3, -0.25) is 0 Å². The summed E-state index contributed by atoms with van der Waals surface area (Å²) < 4.78 is 27.5.